The Labute approximate surface area is 112 Å². The molecule has 9 nitrogen and oxygen atoms in total. The van der Waals surface area contributed by atoms with Crippen LogP contribution in [-0.4, -0.2) is 53.4 Å². The topological polar surface area (TPSA) is 144 Å². The zero-order valence-electron chi connectivity index (χ0n) is 10.4. The third-order valence-electron chi connectivity index (χ3n) is 0.937. The van der Waals surface area contributed by atoms with Gasteiger partial charge in [-0.05, 0) is 35.0 Å². The predicted molar refractivity (Wildman–Crippen MR) is 60.3 cm³/mol. The summed E-state index contributed by atoms with van der Waals surface area (Å²) in [6, 6.07) is 0. The molecule has 17 heavy (non-hydrogen) atoms. The van der Waals surface area contributed by atoms with Gasteiger partial charge in [0.1, 0.15) is 0 Å². The average Bonchev–Trinajstić information content (AvgIpc) is 2.22. The minimum absolute atomic E-state index is 0.102. The molecule has 0 aromatic rings. The summed E-state index contributed by atoms with van der Waals surface area (Å²) >= 11 is 0.700. The fourth-order valence-corrected chi connectivity index (χ4v) is 0. The molecule has 0 aliphatic carbocycles. The maximum atomic E-state index is 8.68. The van der Waals surface area contributed by atoms with Gasteiger partial charge in [0.05, 0.1) is 0 Å². The van der Waals surface area contributed by atoms with Crippen LogP contribution in [0.25, 0.3) is 10.8 Å². The quantitative estimate of drug-likeness (QED) is 0.248. The molecule has 0 aromatic heterocycles. The normalized spacial score (nSPS) is 6.94. The standard InChI is InChI=1S/2C3H7N2O.CH4NO.Mo.O/c2*1-3(4)5(2)6;1-2-3;;/h2*6H,1-2H3;2H,1H3;;/q3*-1;+4;. The van der Waals surface area contributed by atoms with E-state index in [0.717, 1.165) is 0 Å². The third kappa shape index (κ3) is 50.9. The van der Waals surface area contributed by atoms with E-state index in [1.807, 2.05) is 0 Å². The first-order valence-electron chi connectivity index (χ1n) is 4.06. The number of rotatable bonds is 0. The van der Waals surface area contributed by atoms with Gasteiger partial charge in [-0.1, -0.05) is 11.7 Å². The molecule has 0 saturated heterocycles. The Bertz CT molecular complexity index is 173. The van der Waals surface area contributed by atoms with Crippen molar-refractivity contribution in [3.8, 4) is 0 Å². The van der Waals surface area contributed by atoms with E-state index in [9.17, 15) is 0 Å². The van der Waals surface area contributed by atoms with Crippen LogP contribution in [0.1, 0.15) is 13.8 Å². The molecule has 0 aliphatic rings. The first-order chi connectivity index (χ1) is 7.70. The van der Waals surface area contributed by atoms with E-state index in [0.29, 0.717) is 29.9 Å². The second-order valence-electron chi connectivity index (χ2n) is 2.35. The van der Waals surface area contributed by atoms with Gasteiger partial charge < -0.3 is 42.0 Å². The number of nitrogens with one attached hydrogen (secondary N) is 1. The number of amidine groups is 2. The van der Waals surface area contributed by atoms with Crippen LogP contribution in [0.2, 0.25) is 0 Å². The van der Waals surface area contributed by atoms with Gasteiger partial charge in [0.15, 0.2) is 0 Å². The molecule has 0 unspecified atom stereocenters. The molecule has 3 N–H and O–H groups in total. The predicted octanol–water partition coefficient (Wildman–Crippen LogP) is 0.173. The zero-order chi connectivity index (χ0) is 15.0. The molecular formula is C7H18MoN5O4+. The van der Waals surface area contributed by atoms with Gasteiger partial charge in [0.25, 0.3) is 0 Å². The molecule has 0 radical (unpaired) electrons. The molecule has 0 aromatic carbocycles. The van der Waals surface area contributed by atoms with Crippen molar-refractivity contribution in [3.63, 3.8) is 0 Å². The molecule has 0 atom stereocenters. The Balaban J connectivity index is -0.0000000727. The van der Waals surface area contributed by atoms with Crippen LogP contribution in [0.5, 0.6) is 0 Å². The fourth-order valence-electron chi connectivity index (χ4n) is 0. The van der Waals surface area contributed by atoms with Crippen molar-refractivity contribution in [1.29, 1.82) is 0 Å². The molecule has 0 rings (SSSR count). The van der Waals surface area contributed by atoms with E-state index in [1.54, 1.807) is 0 Å². The summed E-state index contributed by atoms with van der Waals surface area (Å²) in [5.41, 5.74) is 1.50. The monoisotopic (exact) mass is 334 g/mol. The summed E-state index contributed by atoms with van der Waals surface area (Å²) < 4.78 is 8.26. The summed E-state index contributed by atoms with van der Waals surface area (Å²) in [6.07, 6.45) is 0. The van der Waals surface area contributed by atoms with E-state index in [1.165, 1.54) is 40.5 Å². The van der Waals surface area contributed by atoms with Crippen LogP contribution in [0.4, 0.5) is 0 Å². The van der Waals surface area contributed by atoms with Crippen molar-refractivity contribution >= 4 is 11.7 Å². The summed E-state index contributed by atoms with van der Waals surface area (Å²) in [7, 11) is 4.00. The van der Waals surface area contributed by atoms with Gasteiger partial charge in [0.2, 0.25) is 0 Å². The Morgan fingerprint density at radius 1 is 1.12 bits per heavy atom. The van der Waals surface area contributed by atoms with Crippen LogP contribution >= 0.6 is 0 Å². The number of hydroxylamine groups is 5. The summed E-state index contributed by atoms with van der Waals surface area (Å²) in [4.78, 5) is 0. The summed E-state index contributed by atoms with van der Waals surface area (Å²) in [5, 5.41) is 42.8. The van der Waals surface area contributed by atoms with Crippen molar-refractivity contribution in [2.75, 3.05) is 21.1 Å². The van der Waals surface area contributed by atoms with Gasteiger partial charge in [-0.25, -0.2) is 0 Å². The van der Waals surface area contributed by atoms with Crippen molar-refractivity contribution in [2.24, 2.45) is 0 Å². The molecule has 0 spiro atoms. The first kappa shape index (κ1) is 25.2. The van der Waals surface area contributed by atoms with E-state index < -0.39 is 0 Å². The Morgan fingerprint density at radius 2 is 1.18 bits per heavy atom. The molecule has 0 amide bonds. The van der Waals surface area contributed by atoms with Crippen molar-refractivity contribution < 1.29 is 33.6 Å². The molecule has 100 valence electrons. The van der Waals surface area contributed by atoms with E-state index in [4.69, 9.17) is 29.8 Å². The second-order valence-corrected chi connectivity index (χ2v) is 2.35. The first-order valence-corrected chi connectivity index (χ1v) is 4.88. The van der Waals surface area contributed by atoms with Crippen molar-refractivity contribution in [3.05, 3.63) is 16.0 Å². The second kappa shape index (κ2) is 20.7. The van der Waals surface area contributed by atoms with E-state index in [2.05, 4.69) is 0 Å². The molecule has 0 heterocycles. The summed E-state index contributed by atoms with van der Waals surface area (Å²) in [6.45, 7) is 2.78. The van der Waals surface area contributed by atoms with Crippen LogP contribution in [-0.2, 0) is 23.2 Å². The SMILES string of the molecule is CC(=[N-])N(C)O.CC(=[N-])N(C)O.CN[O-].[O]=[Mo+4]. The Morgan fingerprint density at radius 3 is 1.18 bits per heavy atom. The summed E-state index contributed by atoms with van der Waals surface area (Å²) in [5.74, 6) is -0.204. The van der Waals surface area contributed by atoms with Gasteiger partial charge in [0, 0.05) is 0 Å². The minimum atomic E-state index is -0.102. The average molecular weight is 332 g/mol. The van der Waals surface area contributed by atoms with Crippen LogP contribution in [0.3, 0.4) is 0 Å². The van der Waals surface area contributed by atoms with Crippen molar-refractivity contribution in [1.82, 2.24) is 15.6 Å². The fraction of sp³-hybridized carbons (Fsp3) is 0.714. The van der Waals surface area contributed by atoms with Gasteiger partial charge in [-0.2, -0.15) is 0 Å². The Kier molecular flexibility index (Phi) is 30.6. The van der Waals surface area contributed by atoms with E-state index in [-0.39, 0.29) is 11.7 Å². The molecule has 0 saturated carbocycles. The molecule has 0 aliphatic heterocycles. The van der Waals surface area contributed by atoms with Crippen LogP contribution in [0, 0.1) is 5.21 Å². The van der Waals surface area contributed by atoms with Crippen molar-refractivity contribution in [2.45, 2.75) is 13.8 Å². The van der Waals surface area contributed by atoms with E-state index >= 15 is 0 Å². The Hall–Kier alpha value is -0.732. The maximum absolute atomic E-state index is 8.68. The van der Waals surface area contributed by atoms with Gasteiger partial charge in [-0.15, -0.1) is 0 Å². The molecule has 10 heteroatoms. The number of nitrogens with zero attached hydrogens (tertiary/aromatic N) is 4. The molecule has 0 fully saturated rings. The third-order valence-corrected chi connectivity index (χ3v) is 0.937. The molecular weight excluding hydrogens is 314 g/mol. The molecule has 0 bridgehead atoms. The number of hydrogen-bond acceptors (Lipinski definition) is 5. The zero-order valence-corrected chi connectivity index (χ0v) is 12.4. The van der Waals surface area contributed by atoms with Crippen LogP contribution < -0.4 is 5.48 Å². The number of hydrogen-bond donors (Lipinski definition) is 3. The van der Waals surface area contributed by atoms with Gasteiger partial charge in [-0.3, -0.25) is 0 Å². The van der Waals surface area contributed by atoms with Crippen LogP contribution in [0.15, 0.2) is 0 Å². The van der Waals surface area contributed by atoms with Gasteiger partial charge >= 0.3 is 23.2 Å².